The number of carboxylic acids is 1. The first kappa shape index (κ1) is 14.1. The van der Waals surface area contributed by atoms with E-state index in [1.54, 1.807) is 6.07 Å². The molecule has 21 heavy (non-hydrogen) atoms. The quantitative estimate of drug-likeness (QED) is 0.916. The van der Waals surface area contributed by atoms with E-state index < -0.39 is 11.9 Å². The fourth-order valence-electron chi connectivity index (χ4n) is 2.72. The number of halogens is 2. The highest BCUT2D eigenvalue weighted by Crippen LogP contribution is 2.37. The van der Waals surface area contributed by atoms with Crippen LogP contribution in [0.1, 0.15) is 17.0 Å². The standard InChI is InChI=1S/C16H13BrFNO2/c17-14-6-5-11(18)7-10(14)8-19-9-13(16(20)21)12-3-1-2-4-15(12)19/h1-7,13H,8-9H2,(H,20,21). The first-order valence-electron chi connectivity index (χ1n) is 6.57. The van der Waals surface area contributed by atoms with Crippen LogP contribution in [-0.4, -0.2) is 17.6 Å². The topological polar surface area (TPSA) is 40.5 Å². The minimum Gasteiger partial charge on any atom is -0.481 e. The first-order chi connectivity index (χ1) is 10.1. The van der Waals surface area contributed by atoms with Gasteiger partial charge in [-0.3, -0.25) is 4.79 Å². The van der Waals surface area contributed by atoms with E-state index in [4.69, 9.17) is 0 Å². The molecule has 1 atom stereocenters. The summed E-state index contributed by atoms with van der Waals surface area (Å²) in [6.07, 6.45) is 0. The van der Waals surface area contributed by atoms with E-state index in [1.807, 2.05) is 29.2 Å². The van der Waals surface area contributed by atoms with Crippen LogP contribution in [0.25, 0.3) is 0 Å². The highest BCUT2D eigenvalue weighted by Gasteiger charge is 2.33. The SMILES string of the molecule is O=C(O)C1CN(Cc2cc(F)ccc2Br)c2ccccc21. The van der Waals surface area contributed by atoms with Crippen LogP contribution in [0, 0.1) is 5.82 Å². The Morgan fingerprint density at radius 1 is 1.33 bits per heavy atom. The van der Waals surface area contributed by atoms with Gasteiger partial charge in [0, 0.05) is 23.2 Å². The van der Waals surface area contributed by atoms with Crippen molar-refractivity contribution in [2.75, 3.05) is 11.4 Å². The van der Waals surface area contributed by atoms with Gasteiger partial charge in [0.2, 0.25) is 0 Å². The molecule has 0 saturated heterocycles. The number of anilines is 1. The number of nitrogens with zero attached hydrogens (tertiary/aromatic N) is 1. The van der Waals surface area contributed by atoms with Crippen molar-refractivity contribution < 1.29 is 14.3 Å². The minimum atomic E-state index is -0.830. The predicted octanol–water partition coefficient (Wildman–Crippen LogP) is 3.78. The van der Waals surface area contributed by atoms with Gasteiger partial charge < -0.3 is 10.0 Å². The summed E-state index contributed by atoms with van der Waals surface area (Å²) in [7, 11) is 0. The second-order valence-electron chi connectivity index (χ2n) is 5.07. The fraction of sp³-hybridized carbons (Fsp3) is 0.188. The predicted molar refractivity (Wildman–Crippen MR) is 82.0 cm³/mol. The molecule has 0 aromatic heterocycles. The lowest BCUT2D eigenvalue weighted by atomic mass is 10.0. The number of hydrogen-bond acceptors (Lipinski definition) is 2. The Bertz CT molecular complexity index is 704. The van der Waals surface area contributed by atoms with Gasteiger partial charge in [0.25, 0.3) is 0 Å². The number of hydrogen-bond donors (Lipinski definition) is 1. The van der Waals surface area contributed by atoms with Gasteiger partial charge in [-0.1, -0.05) is 34.1 Å². The van der Waals surface area contributed by atoms with Gasteiger partial charge in [0.05, 0.1) is 0 Å². The van der Waals surface area contributed by atoms with Crippen LogP contribution in [-0.2, 0) is 11.3 Å². The molecule has 108 valence electrons. The lowest BCUT2D eigenvalue weighted by molar-refractivity contribution is -0.138. The van der Waals surface area contributed by atoms with E-state index in [0.717, 1.165) is 21.3 Å². The van der Waals surface area contributed by atoms with Crippen LogP contribution in [0.2, 0.25) is 0 Å². The van der Waals surface area contributed by atoms with E-state index in [9.17, 15) is 14.3 Å². The molecule has 0 aliphatic carbocycles. The Morgan fingerprint density at radius 2 is 2.10 bits per heavy atom. The van der Waals surface area contributed by atoms with Gasteiger partial charge in [-0.25, -0.2) is 4.39 Å². The molecule has 1 unspecified atom stereocenters. The molecule has 3 nitrogen and oxygen atoms in total. The number of para-hydroxylation sites is 1. The molecule has 0 saturated carbocycles. The molecule has 0 amide bonds. The van der Waals surface area contributed by atoms with Crippen LogP contribution < -0.4 is 4.90 Å². The summed E-state index contributed by atoms with van der Waals surface area (Å²) in [6.45, 7) is 0.872. The first-order valence-corrected chi connectivity index (χ1v) is 7.36. The summed E-state index contributed by atoms with van der Waals surface area (Å²) in [6, 6.07) is 12.0. The molecule has 0 spiro atoms. The zero-order chi connectivity index (χ0) is 15.0. The zero-order valence-corrected chi connectivity index (χ0v) is 12.7. The summed E-state index contributed by atoms with van der Waals surface area (Å²) in [5.74, 6) is -1.66. The number of benzene rings is 2. The molecule has 0 fully saturated rings. The molecule has 1 heterocycles. The highest BCUT2D eigenvalue weighted by atomic mass is 79.9. The van der Waals surface area contributed by atoms with Crippen LogP contribution in [0.5, 0.6) is 0 Å². The van der Waals surface area contributed by atoms with Crippen LogP contribution in [0.15, 0.2) is 46.9 Å². The third-order valence-electron chi connectivity index (χ3n) is 3.72. The number of carbonyl (C=O) groups is 1. The Hall–Kier alpha value is -1.88. The van der Waals surface area contributed by atoms with Crippen molar-refractivity contribution >= 4 is 27.6 Å². The van der Waals surface area contributed by atoms with Crippen molar-refractivity contribution in [2.45, 2.75) is 12.5 Å². The summed E-state index contributed by atoms with van der Waals surface area (Å²) in [5, 5.41) is 9.35. The molecule has 5 heteroatoms. The molecule has 1 N–H and O–H groups in total. The minimum absolute atomic E-state index is 0.296. The van der Waals surface area contributed by atoms with Gasteiger partial charge in [-0.15, -0.1) is 0 Å². The number of aliphatic carboxylic acids is 1. The molecule has 2 aromatic carbocycles. The van der Waals surface area contributed by atoms with E-state index >= 15 is 0 Å². The normalized spacial score (nSPS) is 16.9. The van der Waals surface area contributed by atoms with Crippen molar-refractivity contribution in [3.05, 3.63) is 63.9 Å². The van der Waals surface area contributed by atoms with Crippen LogP contribution >= 0.6 is 15.9 Å². The summed E-state index contributed by atoms with van der Waals surface area (Å²) >= 11 is 3.41. The second-order valence-corrected chi connectivity index (χ2v) is 5.92. The largest absolute Gasteiger partial charge is 0.481 e. The Kier molecular flexibility index (Phi) is 3.68. The maximum atomic E-state index is 13.4. The van der Waals surface area contributed by atoms with Gasteiger partial charge in [0.1, 0.15) is 11.7 Å². The summed E-state index contributed by atoms with van der Waals surface area (Å²) < 4.78 is 14.2. The van der Waals surface area contributed by atoms with E-state index in [1.165, 1.54) is 12.1 Å². The monoisotopic (exact) mass is 349 g/mol. The van der Waals surface area contributed by atoms with Gasteiger partial charge in [-0.05, 0) is 35.4 Å². The third kappa shape index (κ3) is 2.65. The number of fused-ring (bicyclic) bond motifs is 1. The second kappa shape index (κ2) is 5.48. The average molecular weight is 350 g/mol. The maximum absolute atomic E-state index is 13.4. The maximum Gasteiger partial charge on any atom is 0.312 e. The van der Waals surface area contributed by atoms with E-state index in [2.05, 4.69) is 15.9 Å². The van der Waals surface area contributed by atoms with E-state index in [0.29, 0.717) is 13.1 Å². The molecule has 2 aromatic rings. The molecular weight excluding hydrogens is 337 g/mol. The molecule has 0 radical (unpaired) electrons. The third-order valence-corrected chi connectivity index (χ3v) is 4.50. The number of carboxylic acid groups (broad SMARTS) is 1. The average Bonchev–Trinajstić information content (AvgIpc) is 2.82. The van der Waals surface area contributed by atoms with Gasteiger partial charge in [-0.2, -0.15) is 0 Å². The van der Waals surface area contributed by atoms with Crippen molar-refractivity contribution in [1.29, 1.82) is 0 Å². The van der Waals surface area contributed by atoms with Crippen molar-refractivity contribution in [1.82, 2.24) is 0 Å². The van der Waals surface area contributed by atoms with Gasteiger partial charge in [0.15, 0.2) is 0 Å². The molecule has 3 rings (SSSR count). The Morgan fingerprint density at radius 3 is 2.86 bits per heavy atom. The molecular formula is C16H13BrFNO2. The molecule has 1 aliphatic rings. The van der Waals surface area contributed by atoms with Crippen molar-refractivity contribution in [3.8, 4) is 0 Å². The summed E-state index contributed by atoms with van der Waals surface area (Å²) in [4.78, 5) is 13.4. The fourth-order valence-corrected chi connectivity index (χ4v) is 3.09. The van der Waals surface area contributed by atoms with Gasteiger partial charge >= 0.3 is 5.97 Å². The lowest BCUT2D eigenvalue weighted by Gasteiger charge is -2.20. The smallest absolute Gasteiger partial charge is 0.312 e. The lowest BCUT2D eigenvalue weighted by Crippen LogP contribution is -2.24. The van der Waals surface area contributed by atoms with Crippen molar-refractivity contribution in [2.24, 2.45) is 0 Å². The van der Waals surface area contributed by atoms with Crippen molar-refractivity contribution in [3.63, 3.8) is 0 Å². The van der Waals surface area contributed by atoms with E-state index in [-0.39, 0.29) is 5.82 Å². The molecule has 0 bridgehead atoms. The highest BCUT2D eigenvalue weighted by molar-refractivity contribution is 9.10. The number of rotatable bonds is 3. The Labute approximate surface area is 130 Å². The summed E-state index contributed by atoms with van der Waals surface area (Å²) in [5.41, 5.74) is 2.52. The molecule has 1 aliphatic heterocycles. The zero-order valence-electron chi connectivity index (χ0n) is 11.1. The Balaban J connectivity index is 1.94. The van der Waals surface area contributed by atoms with Crippen LogP contribution in [0.4, 0.5) is 10.1 Å². The van der Waals surface area contributed by atoms with Crippen LogP contribution in [0.3, 0.4) is 0 Å².